The zero-order valence-corrected chi connectivity index (χ0v) is 19.4. The number of nitrogens with one attached hydrogen (secondary N) is 1. The lowest BCUT2D eigenvalue weighted by Crippen LogP contribution is -2.48. The van der Waals surface area contributed by atoms with Crippen LogP contribution in [0.2, 0.25) is 0 Å². The van der Waals surface area contributed by atoms with Crippen molar-refractivity contribution in [2.24, 2.45) is 0 Å². The minimum Gasteiger partial charge on any atom is -0.478 e. The number of aromatic nitrogens is 4. The predicted octanol–water partition coefficient (Wildman–Crippen LogP) is 2.10. The fourth-order valence-corrected chi connectivity index (χ4v) is 4.54. The highest BCUT2D eigenvalue weighted by atomic mass is 19.1. The zero-order chi connectivity index (χ0) is 24.8. The van der Waals surface area contributed by atoms with Crippen LogP contribution in [0, 0.1) is 12.7 Å². The summed E-state index contributed by atoms with van der Waals surface area (Å²) in [6, 6.07) is 8.37. The molecule has 6 rings (SSSR count). The summed E-state index contributed by atoms with van der Waals surface area (Å²) >= 11 is 0. The lowest BCUT2D eigenvalue weighted by Gasteiger charge is -2.29. The van der Waals surface area contributed by atoms with Crippen LogP contribution >= 0.6 is 0 Å². The molecule has 4 aromatic rings. The van der Waals surface area contributed by atoms with E-state index in [1.807, 2.05) is 34.6 Å². The summed E-state index contributed by atoms with van der Waals surface area (Å²) in [7, 11) is 0. The molecule has 1 N–H and O–H groups in total. The molecule has 182 valence electrons. The van der Waals surface area contributed by atoms with E-state index in [0.29, 0.717) is 24.7 Å². The van der Waals surface area contributed by atoms with E-state index >= 15 is 0 Å². The maximum Gasteiger partial charge on any atom is 0.265 e. The van der Waals surface area contributed by atoms with E-state index in [1.54, 1.807) is 24.5 Å². The Morgan fingerprint density at radius 1 is 1.11 bits per heavy atom. The number of para-hydroxylation sites is 1. The quantitative estimate of drug-likeness (QED) is 0.470. The number of halogens is 1. The number of ether oxygens (including phenoxy) is 1. The molecule has 1 aromatic carbocycles. The molecule has 0 saturated carbocycles. The Morgan fingerprint density at radius 2 is 1.94 bits per heavy atom. The van der Waals surface area contributed by atoms with E-state index in [4.69, 9.17) is 4.74 Å². The second kappa shape index (κ2) is 8.59. The standard InChI is InChI=1S/C25H22FN7O3/c1-15-20(12-33-19-4-2-3-18(26)24(19)36-14-23(33)35)32-11-16(5-6-21(32)30-15)17-9-28-25(29-10-17)31-8-7-27-22(34)13-31/h2-6,9-11H,7-8,12-14H2,1H3,(H,27,34). The minimum atomic E-state index is -0.504. The molecule has 0 unspecified atom stereocenters. The van der Waals surface area contributed by atoms with Gasteiger partial charge in [0.05, 0.1) is 30.2 Å². The molecule has 2 amide bonds. The first-order chi connectivity index (χ1) is 17.5. The molecular weight excluding hydrogens is 465 g/mol. The number of rotatable bonds is 4. The molecule has 0 bridgehead atoms. The molecule has 10 nitrogen and oxygen atoms in total. The van der Waals surface area contributed by atoms with E-state index in [0.717, 1.165) is 28.2 Å². The third-order valence-corrected chi connectivity index (χ3v) is 6.40. The molecule has 0 spiro atoms. The van der Waals surface area contributed by atoms with Crippen molar-refractivity contribution in [3.05, 3.63) is 66.1 Å². The van der Waals surface area contributed by atoms with Crippen molar-refractivity contribution < 1.29 is 18.7 Å². The van der Waals surface area contributed by atoms with Crippen molar-refractivity contribution in [3.8, 4) is 16.9 Å². The van der Waals surface area contributed by atoms with Gasteiger partial charge in [0.1, 0.15) is 5.65 Å². The Labute approximate surface area is 205 Å². The topological polar surface area (TPSA) is 105 Å². The first-order valence-corrected chi connectivity index (χ1v) is 11.5. The third-order valence-electron chi connectivity index (χ3n) is 6.40. The number of benzene rings is 1. The fraction of sp³-hybridized carbons (Fsp3) is 0.240. The van der Waals surface area contributed by atoms with Gasteiger partial charge in [0.25, 0.3) is 5.91 Å². The van der Waals surface area contributed by atoms with Crippen molar-refractivity contribution in [2.75, 3.05) is 36.0 Å². The van der Waals surface area contributed by atoms with Gasteiger partial charge in [-0.1, -0.05) is 6.07 Å². The van der Waals surface area contributed by atoms with Crippen molar-refractivity contribution in [1.29, 1.82) is 0 Å². The van der Waals surface area contributed by atoms with Gasteiger partial charge in [-0.3, -0.25) is 14.5 Å². The summed E-state index contributed by atoms with van der Waals surface area (Å²) in [5, 5.41) is 2.79. The van der Waals surface area contributed by atoms with Gasteiger partial charge < -0.3 is 19.4 Å². The molecule has 0 aliphatic carbocycles. The number of fused-ring (bicyclic) bond motifs is 2. The molecule has 0 radical (unpaired) electrons. The number of hydrogen-bond donors (Lipinski definition) is 1. The first-order valence-electron chi connectivity index (χ1n) is 11.5. The molecule has 1 fully saturated rings. The Morgan fingerprint density at radius 3 is 2.75 bits per heavy atom. The van der Waals surface area contributed by atoms with Crippen LogP contribution in [0.5, 0.6) is 5.75 Å². The van der Waals surface area contributed by atoms with Crippen LogP contribution in [0.25, 0.3) is 16.8 Å². The summed E-state index contributed by atoms with van der Waals surface area (Å²) in [4.78, 5) is 41.3. The van der Waals surface area contributed by atoms with Crippen LogP contribution in [-0.2, 0) is 16.1 Å². The maximum absolute atomic E-state index is 14.3. The monoisotopic (exact) mass is 487 g/mol. The van der Waals surface area contributed by atoms with Gasteiger partial charge in [-0.05, 0) is 31.2 Å². The Kier molecular flexibility index (Phi) is 5.24. The first kappa shape index (κ1) is 22.0. The molecule has 2 aliphatic rings. The van der Waals surface area contributed by atoms with Crippen molar-refractivity contribution in [1.82, 2.24) is 24.7 Å². The normalized spacial score (nSPS) is 15.6. The van der Waals surface area contributed by atoms with Crippen molar-refractivity contribution >= 4 is 29.1 Å². The molecule has 11 heteroatoms. The summed E-state index contributed by atoms with van der Waals surface area (Å²) in [6.45, 7) is 3.31. The number of carbonyl (C=O) groups is 2. The van der Waals surface area contributed by atoms with E-state index in [1.165, 1.54) is 11.0 Å². The lowest BCUT2D eigenvalue weighted by molar-refractivity contribution is -0.121. The number of aryl methyl sites for hydroxylation is 1. The molecule has 1 saturated heterocycles. The molecule has 5 heterocycles. The Balaban J connectivity index is 1.33. The van der Waals surface area contributed by atoms with Gasteiger partial charge >= 0.3 is 0 Å². The average molecular weight is 487 g/mol. The fourth-order valence-electron chi connectivity index (χ4n) is 4.54. The van der Waals surface area contributed by atoms with Crippen LogP contribution in [0.15, 0.2) is 48.9 Å². The van der Waals surface area contributed by atoms with E-state index < -0.39 is 5.82 Å². The minimum absolute atomic E-state index is 0.0495. The molecule has 3 aromatic heterocycles. The van der Waals surface area contributed by atoms with Crippen molar-refractivity contribution in [3.63, 3.8) is 0 Å². The second-order valence-electron chi connectivity index (χ2n) is 8.69. The number of amides is 2. The van der Waals surface area contributed by atoms with Crippen LogP contribution in [0.1, 0.15) is 11.4 Å². The summed E-state index contributed by atoms with van der Waals surface area (Å²) < 4.78 is 21.5. The largest absolute Gasteiger partial charge is 0.478 e. The summed E-state index contributed by atoms with van der Waals surface area (Å²) in [5.74, 6) is -0.227. The molecular formula is C25H22FN7O3. The number of hydrogen-bond acceptors (Lipinski definition) is 7. The van der Waals surface area contributed by atoms with Gasteiger partial charge in [0.15, 0.2) is 18.2 Å². The smallest absolute Gasteiger partial charge is 0.265 e. The van der Waals surface area contributed by atoms with Gasteiger partial charge in [0, 0.05) is 42.8 Å². The van der Waals surface area contributed by atoms with Crippen molar-refractivity contribution in [2.45, 2.75) is 13.5 Å². The number of imidazole rings is 1. The predicted molar refractivity (Wildman–Crippen MR) is 129 cm³/mol. The van der Waals surface area contributed by atoms with Gasteiger partial charge in [-0.25, -0.2) is 19.3 Å². The van der Waals surface area contributed by atoms with Gasteiger partial charge in [-0.2, -0.15) is 0 Å². The molecule has 2 aliphatic heterocycles. The highest BCUT2D eigenvalue weighted by molar-refractivity contribution is 5.97. The highest BCUT2D eigenvalue weighted by Crippen LogP contribution is 2.35. The van der Waals surface area contributed by atoms with E-state index in [9.17, 15) is 14.0 Å². The van der Waals surface area contributed by atoms with Gasteiger partial charge in [-0.15, -0.1) is 0 Å². The Bertz CT molecular complexity index is 1500. The SMILES string of the molecule is Cc1nc2ccc(-c3cnc(N4CCNC(=O)C4)nc3)cn2c1CN1C(=O)COc2c(F)cccc21. The van der Waals surface area contributed by atoms with E-state index in [2.05, 4.69) is 20.3 Å². The number of pyridine rings is 1. The second-order valence-corrected chi connectivity index (χ2v) is 8.69. The lowest BCUT2D eigenvalue weighted by atomic mass is 10.1. The number of anilines is 2. The molecule has 36 heavy (non-hydrogen) atoms. The van der Waals surface area contributed by atoms with Crippen LogP contribution in [0.4, 0.5) is 16.0 Å². The number of piperazine rings is 1. The zero-order valence-electron chi connectivity index (χ0n) is 19.4. The Hall–Kier alpha value is -4.54. The molecule has 0 atom stereocenters. The maximum atomic E-state index is 14.3. The third kappa shape index (κ3) is 3.78. The van der Waals surface area contributed by atoms with Crippen LogP contribution < -0.4 is 19.9 Å². The van der Waals surface area contributed by atoms with Crippen LogP contribution in [0.3, 0.4) is 0 Å². The van der Waals surface area contributed by atoms with Crippen LogP contribution in [-0.4, -0.2) is 57.4 Å². The number of carbonyl (C=O) groups excluding carboxylic acids is 2. The summed E-state index contributed by atoms with van der Waals surface area (Å²) in [6.07, 6.45) is 5.38. The van der Waals surface area contributed by atoms with E-state index in [-0.39, 0.29) is 37.3 Å². The highest BCUT2D eigenvalue weighted by Gasteiger charge is 2.29. The number of nitrogens with zero attached hydrogens (tertiary/aromatic N) is 6. The summed E-state index contributed by atoms with van der Waals surface area (Å²) in [5.41, 5.74) is 4.35. The van der Waals surface area contributed by atoms with Gasteiger partial charge in [0.2, 0.25) is 11.9 Å². The average Bonchev–Trinajstić information content (AvgIpc) is 3.20.